The lowest BCUT2D eigenvalue weighted by atomic mass is 10.1. The van der Waals surface area contributed by atoms with Gasteiger partial charge in [0.2, 0.25) is 0 Å². The van der Waals surface area contributed by atoms with E-state index in [4.69, 9.17) is 4.74 Å². The van der Waals surface area contributed by atoms with E-state index >= 15 is 0 Å². The van der Waals surface area contributed by atoms with Gasteiger partial charge >= 0.3 is 0 Å². The molecule has 0 spiro atoms. The summed E-state index contributed by atoms with van der Waals surface area (Å²) in [6, 6.07) is 2.31. The highest BCUT2D eigenvalue weighted by Gasteiger charge is 2.29. The van der Waals surface area contributed by atoms with Crippen LogP contribution in [0.1, 0.15) is 32.0 Å². The van der Waals surface area contributed by atoms with Crippen LogP contribution in [-0.4, -0.2) is 54.1 Å². The molecule has 5 nitrogen and oxygen atoms in total. The van der Waals surface area contributed by atoms with Crippen molar-refractivity contribution in [2.45, 2.75) is 39.0 Å². The average Bonchev–Trinajstić information content (AvgIpc) is 2.89. The minimum atomic E-state index is 0.200. The number of aryl methyl sites for hydroxylation is 1. The quantitative estimate of drug-likeness (QED) is 0.842. The van der Waals surface area contributed by atoms with Crippen LogP contribution in [0.25, 0.3) is 0 Å². The van der Waals surface area contributed by atoms with Crippen LogP contribution in [0.4, 0.5) is 0 Å². The molecule has 2 unspecified atom stereocenters. The summed E-state index contributed by atoms with van der Waals surface area (Å²) < 4.78 is 8.07. The summed E-state index contributed by atoms with van der Waals surface area (Å²) in [5.74, 6) is 0. The van der Waals surface area contributed by atoms with Gasteiger partial charge in [0.1, 0.15) is 0 Å². The monoisotopic (exact) mass is 266 g/mol. The zero-order valence-corrected chi connectivity index (χ0v) is 12.3. The van der Waals surface area contributed by atoms with Gasteiger partial charge in [-0.05, 0) is 26.1 Å². The van der Waals surface area contributed by atoms with Crippen molar-refractivity contribution in [2.75, 3.05) is 33.3 Å². The van der Waals surface area contributed by atoms with E-state index < -0.39 is 0 Å². The van der Waals surface area contributed by atoms with Crippen molar-refractivity contribution in [1.82, 2.24) is 20.0 Å². The summed E-state index contributed by atoms with van der Waals surface area (Å²) in [4.78, 5) is 2.44. The Labute approximate surface area is 115 Å². The maximum absolute atomic E-state index is 5.97. The predicted molar refractivity (Wildman–Crippen MR) is 76.2 cm³/mol. The summed E-state index contributed by atoms with van der Waals surface area (Å²) in [7, 11) is 2.00. The van der Waals surface area contributed by atoms with Crippen LogP contribution in [0, 0.1) is 0 Å². The molecule has 1 saturated heterocycles. The van der Waals surface area contributed by atoms with Gasteiger partial charge in [0.15, 0.2) is 0 Å². The zero-order chi connectivity index (χ0) is 13.7. The van der Waals surface area contributed by atoms with Crippen LogP contribution in [-0.2, 0) is 11.3 Å². The Morgan fingerprint density at radius 1 is 1.53 bits per heavy atom. The Morgan fingerprint density at radius 2 is 2.37 bits per heavy atom. The second-order valence-corrected chi connectivity index (χ2v) is 5.05. The molecule has 0 aromatic carbocycles. The number of morpholine rings is 1. The average molecular weight is 266 g/mol. The van der Waals surface area contributed by atoms with Gasteiger partial charge in [-0.1, -0.05) is 13.8 Å². The number of rotatable bonds is 6. The lowest BCUT2D eigenvalue weighted by Crippen LogP contribution is -2.48. The van der Waals surface area contributed by atoms with E-state index in [0.717, 1.165) is 39.2 Å². The predicted octanol–water partition coefficient (Wildman–Crippen LogP) is 1.27. The fourth-order valence-electron chi connectivity index (χ4n) is 2.75. The number of hydrogen-bond donors (Lipinski definition) is 1. The number of aromatic nitrogens is 2. The van der Waals surface area contributed by atoms with Gasteiger partial charge in [-0.15, -0.1) is 0 Å². The highest BCUT2D eigenvalue weighted by molar-refractivity contribution is 5.10. The summed E-state index contributed by atoms with van der Waals surface area (Å²) in [5, 5.41) is 7.82. The fraction of sp³-hybridized carbons (Fsp3) is 0.786. The second kappa shape index (κ2) is 7.03. The van der Waals surface area contributed by atoms with Crippen molar-refractivity contribution >= 4 is 0 Å². The number of likely N-dealkylation sites (N-methyl/N-ethyl adjacent to an activating group) is 2. The van der Waals surface area contributed by atoms with Crippen molar-refractivity contribution in [1.29, 1.82) is 0 Å². The van der Waals surface area contributed by atoms with E-state index in [-0.39, 0.29) is 12.1 Å². The number of ether oxygens (including phenoxy) is 1. The summed E-state index contributed by atoms with van der Waals surface area (Å²) in [6.45, 7) is 9.28. The molecule has 2 rings (SSSR count). The maximum Gasteiger partial charge on any atom is 0.0912 e. The van der Waals surface area contributed by atoms with Crippen LogP contribution in [0.2, 0.25) is 0 Å². The minimum Gasteiger partial charge on any atom is -0.374 e. The number of nitrogens with one attached hydrogen (secondary N) is 1. The third-order valence-electron chi connectivity index (χ3n) is 3.81. The molecule has 2 heterocycles. The fourth-order valence-corrected chi connectivity index (χ4v) is 2.75. The topological polar surface area (TPSA) is 42.3 Å². The lowest BCUT2D eigenvalue weighted by Gasteiger charge is -2.36. The molecule has 0 bridgehead atoms. The molecule has 1 aromatic heterocycles. The van der Waals surface area contributed by atoms with Crippen LogP contribution < -0.4 is 5.32 Å². The lowest BCUT2D eigenvalue weighted by molar-refractivity contribution is -0.0457. The third kappa shape index (κ3) is 3.35. The van der Waals surface area contributed by atoms with Crippen molar-refractivity contribution in [3.63, 3.8) is 0 Å². The molecular weight excluding hydrogens is 240 g/mol. The van der Waals surface area contributed by atoms with E-state index in [1.807, 2.05) is 13.2 Å². The molecular formula is C14H26N4O. The largest absolute Gasteiger partial charge is 0.374 e. The summed E-state index contributed by atoms with van der Waals surface area (Å²) >= 11 is 0. The standard InChI is InChI=1S/C14H26N4O/c1-4-8-18-12(6-7-16-18)14(15-3)13-11-17(5-2)9-10-19-13/h6-7,13-15H,4-5,8-11H2,1-3H3. The highest BCUT2D eigenvalue weighted by Crippen LogP contribution is 2.22. The normalized spacial score (nSPS) is 22.6. The van der Waals surface area contributed by atoms with Gasteiger partial charge in [0.05, 0.1) is 24.4 Å². The van der Waals surface area contributed by atoms with Crippen molar-refractivity contribution in [3.8, 4) is 0 Å². The Balaban J connectivity index is 2.12. The molecule has 1 N–H and O–H groups in total. The van der Waals surface area contributed by atoms with Crippen molar-refractivity contribution in [3.05, 3.63) is 18.0 Å². The first-order valence-electron chi connectivity index (χ1n) is 7.33. The molecule has 1 aliphatic rings. The highest BCUT2D eigenvalue weighted by atomic mass is 16.5. The third-order valence-corrected chi connectivity index (χ3v) is 3.81. The first-order chi connectivity index (χ1) is 9.30. The molecule has 108 valence electrons. The van der Waals surface area contributed by atoms with E-state index in [9.17, 15) is 0 Å². The second-order valence-electron chi connectivity index (χ2n) is 5.05. The molecule has 19 heavy (non-hydrogen) atoms. The zero-order valence-electron chi connectivity index (χ0n) is 12.3. The number of hydrogen-bond acceptors (Lipinski definition) is 4. The van der Waals surface area contributed by atoms with Crippen LogP contribution >= 0.6 is 0 Å². The number of nitrogens with zero attached hydrogens (tertiary/aromatic N) is 3. The van der Waals surface area contributed by atoms with Gasteiger partial charge in [0, 0.05) is 25.8 Å². The van der Waals surface area contributed by atoms with Crippen LogP contribution in [0.3, 0.4) is 0 Å². The Kier molecular flexibility index (Phi) is 5.36. The molecule has 1 fully saturated rings. The smallest absolute Gasteiger partial charge is 0.0912 e. The van der Waals surface area contributed by atoms with E-state index in [1.165, 1.54) is 5.69 Å². The first-order valence-corrected chi connectivity index (χ1v) is 7.33. The SMILES string of the molecule is CCCn1nccc1C(NC)C1CN(CC)CCO1. The Hall–Kier alpha value is -0.910. The van der Waals surface area contributed by atoms with Gasteiger partial charge in [0.25, 0.3) is 0 Å². The van der Waals surface area contributed by atoms with Gasteiger partial charge < -0.3 is 10.1 Å². The summed E-state index contributed by atoms with van der Waals surface area (Å²) in [6.07, 6.45) is 3.18. The molecule has 2 atom stereocenters. The summed E-state index contributed by atoms with van der Waals surface area (Å²) in [5.41, 5.74) is 1.23. The van der Waals surface area contributed by atoms with E-state index in [0.29, 0.717) is 0 Å². The molecule has 5 heteroatoms. The van der Waals surface area contributed by atoms with E-state index in [2.05, 4.69) is 39.9 Å². The molecule has 1 aliphatic heterocycles. The van der Waals surface area contributed by atoms with Crippen LogP contribution in [0.15, 0.2) is 12.3 Å². The minimum absolute atomic E-state index is 0.200. The molecule has 0 saturated carbocycles. The molecule has 1 aromatic rings. The molecule has 0 radical (unpaired) electrons. The van der Waals surface area contributed by atoms with Gasteiger partial charge in [-0.25, -0.2) is 0 Å². The van der Waals surface area contributed by atoms with Gasteiger partial charge in [-0.3, -0.25) is 9.58 Å². The van der Waals surface area contributed by atoms with E-state index in [1.54, 1.807) is 0 Å². The van der Waals surface area contributed by atoms with Crippen LogP contribution in [0.5, 0.6) is 0 Å². The van der Waals surface area contributed by atoms with Crippen molar-refractivity contribution < 1.29 is 4.74 Å². The Bertz CT molecular complexity index is 379. The first kappa shape index (κ1) is 14.5. The molecule has 0 aliphatic carbocycles. The molecule has 0 amide bonds. The van der Waals surface area contributed by atoms with Crippen molar-refractivity contribution in [2.24, 2.45) is 0 Å². The van der Waals surface area contributed by atoms with Gasteiger partial charge in [-0.2, -0.15) is 5.10 Å². The maximum atomic E-state index is 5.97. The Morgan fingerprint density at radius 3 is 3.05 bits per heavy atom.